The molecule has 0 amide bonds. The van der Waals surface area contributed by atoms with E-state index in [2.05, 4.69) is 15.0 Å². The molecule has 0 spiro atoms. The number of hydrogen-bond donors (Lipinski definition) is 1. The van der Waals surface area contributed by atoms with Crippen LogP contribution in [-0.4, -0.2) is 20.9 Å². The van der Waals surface area contributed by atoms with E-state index >= 15 is 0 Å². The lowest BCUT2D eigenvalue weighted by atomic mass is 10.2. The van der Waals surface area contributed by atoms with Gasteiger partial charge in [-0.2, -0.15) is 0 Å². The number of carbonyl (C=O) groups is 1. The SMILES string of the molecule is O=C(OCc1ccc2cc[nH]c2n1)c1cncc2ccsc12. The molecular formula is C16H11N3O2S. The second-order valence-electron chi connectivity index (χ2n) is 4.82. The van der Waals surface area contributed by atoms with Crippen molar-refractivity contribution >= 4 is 38.4 Å². The van der Waals surface area contributed by atoms with Crippen molar-refractivity contribution in [1.82, 2.24) is 15.0 Å². The summed E-state index contributed by atoms with van der Waals surface area (Å²) >= 11 is 1.51. The molecule has 0 radical (unpaired) electrons. The minimum atomic E-state index is -0.381. The molecule has 0 fully saturated rings. The first kappa shape index (κ1) is 13.0. The second kappa shape index (κ2) is 5.23. The first-order valence-corrected chi connectivity index (χ1v) is 7.60. The van der Waals surface area contributed by atoms with Gasteiger partial charge in [-0.3, -0.25) is 4.98 Å². The van der Waals surface area contributed by atoms with E-state index < -0.39 is 0 Å². The Hall–Kier alpha value is -2.73. The number of ether oxygens (including phenoxy) is 1. The number of thiophene rings is 1. The van der Waals surface area contributed by atoms with Crippen molar-refractivity contribution < 1.29 is 9.53 Å². The maximum absolute atomic E-state index is 12.3. The molecule has 0 aliphatic heterocycles. The van der Waals surface area contributed by atoms with Gasteiger partial charge < -0.3 is 9.72 Å². The summed E-state index contributed by atoms with van der Waals surface area (Å²) in [5.74, 6) is -0.381. The Morgan fingerprint density at radius 3 is 3.09 bits per heavy atom. The lowest BCUT2D eigenvalue weighted by molar-refractivity contribution is 0.0470. The fraction of sp³-hybridized carbons (Fsp3) is 0.0625. The standard InChI is InChI=1S/C16H11N3O2S/c20-16(13-8-17-7-11-4-6-22-14(11)13)21-9-12-2-1-10-3-5-18-15(10)19-12/h1-8H,9H2,(H,18,19). The molecule has 0 aromatic carbocycles. The van der Waals surface area contributed by atoms with E-state index in [0.717, 1.165) is 21.1 Å². The van der Waals surface area contributed by atoms with Crippen LogP contribution in [0, 0.1) is 0 Å². The Morgan fingerprint density at radius 1 is 1.18 bits per heavy atom. The van der Waals surface area contributed by atoms with Crippen molar-refractivity contribution in [3.8, 4) is 0 Å². The van der Waals surface area contributed by atoms with Gasteiger partial charge in [-0.15, -0.1) is 11.3 Å². The zero-order valence-electron chi connectivity index (χ0n) is 11.4. The molecule has 4 rings (SSSR count). The second-order valence-corrected chi connectivity index (χ2v) is 5.74. The third-order valence-corrected chi connectivity index (χ3v) is 4.36. The summed E-state index contributed by atoms with van der Waals surface area (Å²) < 4.78 is 6.26. The number of fused-ring (bicyclic) bond motifs is 2. The number of esters is 1. The molecule has 6 heteroatoms. The smallest absolute Gasteiger partial charge is 0.341 e. The van der Waals surface area contributed by atoms with E-state index in [4.69, 9.17) is 4.74 Å². The van der Waals surface area contributed by atoms with Crippen molar-refractivity contribution in [3.63, 3.8) is 0 Å². The maximum atomic E-state index is 12.3. The highest BCUT2D eigenvalue weighted by Crippen LogP contribution is 2.24. The monoisotopic (exact) mass is 309 g/mol. The van der Waals surface area contributed by atoms with Crippen LogP contribution in [0.2, 0.25) is 0 Å². The highest BCUT2D eigenvalue weighted by Gasteiger charge is 2.13. The first-order chi connectivity index (χ1) is 10.8. The van der Waals surface area contributed by atoms with Gasteiger partial charge in [0.15, 0.2) is 0 Å². The van der Waals surface area contributed by atoms with E-state index in [1.165, 1.54) is 11.3 Å². The van der Waals surface area contributed by atoms with Crippen LogP contribution in [0.4, 0.5) is 0 Å². The van der Waals surface area contributed by atoms with Crippen molar-refractivity contribution in [2.75, 3.05) is 0 Å². The van der Waals surface area contributed by atoms with Crippen LogP contribution in [0.15, 0.2) is 48.2 Å². The fourth-order valence-corrected chi connectivity index (χ4v) is 3.17. The molecule has 0 saturated carbocycles. The number of pyridine rings is 2. The van der Waals surface area contributed by atoms with Gasteiger partial charge in [0.2, 0.25) is 0 Å². The molecule has 22 heavy (non-hydrogen) atoms. The van der Waals surface area contributed by atoms with Gasteiger partial charge in [-0.25, -0.2) is 9.78 Å². The number of carbonyl (C=O) groups excluding carboxylic acids is 1. The molecule has 0 unspecified atom stereocenters. The van der Waals surface area contributed by atoms with E-state index in [1.807, 2.05) is 35.8 Å². The average Bonchev–Trinajstić information content (AvgIpc) is 3.20. The van der Waals surface area contributed by atoms with Crippen LogP contribution in [0.3, 0.4) is 0 Å². The Kier molecular flexibility index (Phi) is 3.08. The van der Waals surface area contributed by atoms with E-state index in [1.54, 1.807) is 12.4 Å². The molecule has 5 nitrogen and oxygen atoms in total. The average molecular weight is 309 g/mol. The van der Waals surface area contributed by atoms with Gasteiger partial charge in [0.05, 0.1) is 16.0 Å². The van der Waals surface area contributed by atoms with Gasteiger partial charge in [-0.05, 0) is 29.6 Å². The number of aromatic nitrogens is 3. The normalized spacial score (nSPS) is 11.1. The topological polar surface area (TPSA) is 67.9 Å². The number of hydrogen-bond acceptors (Lipinski definition) is 5. The predicted molar refractivity (Wildman–Crippen MR) is 84.8 cm³/mol. The number of nitrogens with zero attached hydrogens (tertiary/aromatic N) is 2. The number of rotatable bonds is 3. The molecule has 0 saturated heterocycles. The zero-order valence-corrected chi connectivity index (χ0v) is 12.3. The molecule has 0 bridgehead atoms. The zero-order chi connectivity index (χ0) is 14.9. The van der Waals surface area contributed by atoms with Crippen LogP contribution >= 0.6 is 11.3 Å². The lowest BCUT2D eigenvalue weighted by Crippen LogP contribution is -2.06. The summed E-state index contributed by atoms with van der Waals surface area (Å²) in [5, 5.41) is 3.91. The molecule has 0 atom stereocenters. The first-order valence-electron chi connectivity index (χ1n) is 6.72. The fourth-order valence-electron chi connectivity index (χ4n) is 2.30. The molecule has 4 heterocycles. The summed E-state index contributed by atoms with van der Waals surface area (Å²) in [5.41, 5.74) is 1.98. The van der Waals surface area contributed by atoms with Gasteiger partial charge in [-0.1, -0.05) is 0 Å². The van der Waals surface area contributed by atoms with Gasteiger partial charge >= 0.3 is 5.97 Å². The Morgan fingerprint density at radius 2 is 2.14 bits per heavy atom. The van der Waals surface area contributed by atoms with Crippen molar-refractivity contribution in [2.24, 2.45) is 0 Å². The maximum Gasteiger partial charge on any atom is 0.341 e. The predicted octanol–water partition coefficient (Wildman–Crippen LogP) is 3.53. The van der Waals surface area contributed by atoms with Gasteiger partial charge in [0.25, 0.3) is 0 Å². The molecule has 4 aromatic rings. The summed E-state index contributed by atoms with van der Waals surface area (Å²) in [7, 11) is 0. The van der Waals surface area contributed by atoms with E-state index in [9.17, 15) is 4.79 Å². The van der Waals surface area contributed by atoms with E-state index in [-0.39, 0.29) is 12.6 Å². The summed E-state index contributed by atoms with van der Waals surface area (Å²) in [6, 6.07) is 7.68. The Labute approximate surface area is 129 Å². The molecular weight excluding hydrogens is 298 g/mol. The highest BCUT2D eigenvalue weighted by molar-refractivity contribution is 7.17. The van der Waals surface area contributed by atoms with Gasteiger partial charge in [0, 0.05) is 29.4 Å². The molecule has 0 aliphatic carbocycles. The van der Waals surface area contributed by atoms with Crippen molar-refractivity contribution in [1.29, 1.82) is 0 Å². The summed E-state index contributed by atoms with van der Waals surface area (Å²) in [4.78, 5) is 23.8. The highest BCUT2D eigenvalue weighted by atomic mass is 32.1. The summed E-state index contributed by atoms with van der Waals surface area (Å²) in [6.07, 6.45) is 5.11. The Bertz CT molecular complexity index is 974. The molecule has 0 aliphatic rings. The number of nitrogens with one attached hydrogen (secondary N) is 1. The third kappa shape index (κ3) is 2.23. The number of H-pyrrole nitrogens is 1. The minimum absolute atomic E-state index is 0.134. The molecule has 1 N–H and O–H groups in total. The van der Waals surface area contributed by atoms with Gasteiger partial charge in [0.1, 0.15) is 12.3 Å². The Balaban J connectivity index is 1.55. The number of aromatic amines is 1. The van der Waals surface area contributed by atoms with Crippen LogP contribution < -0.4 is 0 Å². The lowest BCUT2D eigenvalue weighted by Gasteiger charge is -2.05. The minimum Gasteiger partial charge on any atom is -0.456 e. The molecule has 108 valence electrons. The van der Waals surface area contributed by atoms with E-state index in [0.29, 0.717) is 11.3 Å². The van der Waals surface area contributed by atoms with Crippen LogP contribution in [0.5, 0.6) is 0 Å². The quantitative estimate of drug-likeness (QED) is 0.588. The van der Waals surface area contributed by atoms with Crippen LogP contribution in [0.25, 0.3) is 21.1 Å². The van der Waals surface area contributed by atoms with Crippen molar-refractivity contribution in [3.05, 3.63) is 59.5 Å². The largest absolute Gasteiger partial charge is 0.456 e. The van der Waals surface area contributed by atoms with Crippen LogP contribution in [0.1, 0.15) is 16.1 Å². The molecule has 4 aromatic heterocycles. The van der Waals surface area contributed by atoms with Crippen LogP contribution in [-0.2, 0) is 11.3 Å². The van der Waals surface area contributed by atoms with Crippen molar-refractivity contribution in [2.45, 2.75) is 6.61 Å². The third-order valence-electron chi connectivity index (χ3n) is 3.40. The summed E-state index contributed by atoms with van der Waals surface area (Å²) in [6.45, 7) is 0.134.